The van der Waals surface area contributed by atoms with Crippen LogP contribution < -0.4 is 4.74 Å². The molecule has 2 aromatic carbocycles. The maximum absolute atomic E-state index is 13.2. The second-order valence-corrected chi connectivity index (χ2v) is 4.69. The van der Waals surface area contributed by atoms with E-state index in [0.29, 0.717) is 24.4 Å². The van der Waals surface area contributed by atoms with Crippen molar-refractivity contribution in [3.8, 4) is 5.75 Å². The minimum absolute atomic E-state index is 0.0209. The third-order valence-electron chi connectivity index (χ3n) is 3.24. The number of carbonyl (C=O) groups excluding carboxylic acids is 1. The van der Waals surface area contributed by atoms with E-state index in [2.05, 4.69) is 0 Å². The molecule has 0 atom stereocenters. The van der Waals surface area contributed by atoms with Crippen LogP contribution in [0.3, 0.4) is 0 Å². The normalized spacial score (nSPS) is 14.2. The number of aryl methyl sites for hydroxylation is 1. The van der Waals surface area contributed by atoms with Crippen molar-refractivity contribution in [3.05, 3.63) is 71.6 Å². The minimum atomic E-state index is -0.365. The summed E-state index contributed by atoms with van der Waals surface area (Å²) in [6.07, 6.45) is 2.66. The molecule has 0 N–H and O–H groups in total. The molecule has 20 heavy (non-hydrogen) atoms. The number of benzene rings is 2. The van der Waals surface area contributed by atoms with Crippen molar-refractivity contribution in [2.75, 3.05) is 0 Å². The lowest BCUT2D eigenvalue weighted by molar-refractivity contribution is -0.114. The fraction of sp³-hybridized carbons (Fsp3) is 0.118. The zero-order valence-corrected chi connectivity index (χ0v) is 10.8. The third-order valence-corrected chi connectivity index (χ3v) is 3.24. The van der Waals surface area contributed by atoms with E-state index in [1.165, 1.54) is 18.2 Å². The van der Waals surface area contributed by atoms with E-state index in [4.69, 9.17) is 4.74 Å². The maximum atomic E-state index is 13.2. The molecule has 0 bridgehead atoms. The lowest BCUT2D eigenvalue weighted by Gasteiger charge is -2.12. The first-order valence-electron chi connectivity index (χ1n) is 6.48. The first-order valence-corrected chi connectivity index (χ1v) is 6.48. The summed E-state index contributed by atoms with van der Waals surface area (Å²) in [6.45, 7) is 0. The number of rotatable bonds is 2. The van der Waals surface area contributed by atoms with Gasteiger partial charge in [0, 0.05) is 24.1 Å². The van der Waals surface area contributed by atoms with Crippen LogP contribution in [0.15, 0.2) is 54.6 Å². The monoisotopic (exact) mass is 268 g/mol. The lowest BCUT2D eigenvalue weighted by atomic mass is 10.0. The Kier molecular flexibility index (Phi) is 3.33. The highest BCUT2D eigenvalue weighted by atomic mass is 19.1. The predicted octanol–water partition coefficient (Wildman–Crippen LogP) is 3.76. The Morgan fingerprint density at radius 3 is 2.70 bits per heavy atom. The highest BCUT2D eigenvalue weighted by molar-refractivity contribution is 5.97. The van der Waals surface area contributed by atoms with Gasteiger partial charge in [-0.25, -0.2) is 4.39 Å². The number of halogens is 1. The van der Waals surface area contributed by atoms with E-state index in [-0.39, 0.29) is 11.6 Å². The van der Waals surface area contributed by atoms with Crippen molar-refractivity contribution in [2.45, 2.75) is 12.8 Å². The predicted molar refractivity (Wildman–Crippen MR) is 74.8 cm³/mol. The van der Waals surface area contributed by atoms with Crippen molar-refractivity contribution in [3.63, 3.8) is 0 Å². The highest BCUT2D eigenvalue weighted by Gasteiger charge is 2.16. The largest absolute Gasteiger partial charge is 0.456 e. The van der Waals surface area contributed by atoms with E-state index >= 15 is 0 Å². The molecule has 0 spiro atoms. The van der Waals surface area contributed by atoms with Gasteiger partial charge >= 0.3 is 0 Å². The number of hydrogen-bond acceptors (Lipinski definition) is 2. The Bertz CT molecular complexity index is 689. The molecule has 100 valence electrons. The van der Waals surface area contributed by atoms with E-state index in [9.17, 15) is 9.18 Å². The molecule has 1 aliphatic carbocycles. The van der Waals surface area contributed by atoms with E-state index in [0.717, 1.165) is 11.1 Å². The summed E-state index contributed by atoms with van der Waals surface area (Å²) in [5, 5.41) is 0. The third kappa shape index (κ3) is 2.62. The lowest BCUT2D eigenvalue weighted by Crippen LogP contribution is -1.98. The summed E-state index contributed by atoms with van der Waals surface area (Å²) in [6, 6.07) is 13.6. The molecule has 0 aliphatic heterocycles. The molecule has 3 rings (SSSR count). The first kappa shape index (κ1) is 12.6. The summed E-state index contributed by atoms with van der Waals surface area (Å²) < 4.78 is 18.9. The average molecular weight is 268 g/mol. The molecule has 2 aromatic rings. The van der Waals surface area contributed by atoms with Crippen LogP contribution >= 0.6 is 0 Å². The molecule has 0 amide bonds. The fourth-order valence-electron chi connectivity index (χ4n) is 2.27. The van der Waals surface area contributed by atoms with Crippen molar-refractivity contribution in [1.82, 2.24) is 0 Å². The van der Waals surface area contributed by atoms with Crippen LogP contribution in [-0.4, -0.2) is 5.78 Å². The van der Waals surface area contributed by atoms with Crippen LogP contribution in [0.25, 0.3) is 5.76 Å². The Labute approximate surface area is 116 Å². The molecule has 0 radical (unpaired) electrons. The van der Waals surface area contributed by atoms with Gasteiger partial charge in [0.1, 0.15) is 17.3 Å². The topological polar surface area (TPSA) is 26.3 Å². The Morgan fingerprint density at radius 1 is 1.00 bits per heavy atom. The van der Waals surface area contributed by atoms with Crippen LogP contribution in [-0.2, 0) is 11.2 Å². The summed E-state index contributed by atoms with van der Waals surface area (Å²) in [4.78, 5) is 11.8. The van der Waals surface area contributed by atoms with Gasteiger partial charge in [0.2, 0.25) is 0 Å². The molecule has 0 unspecified atom stereocenters. The second kappa shape index (κ2) is 5.29. The number of ether oxygens (including phenoxy) is 1. The number of hydrogen-bond donors (Lipinski definition) is 0. The smallest absolute Gasteiger partial charge is 0.159 e. The Hall–Kier alpha value is -2.42. The quantitative estimate of drug-likeness (QED) is 0.829. The van der Waals surface area contributed by atoms with Gasteiger partial charge in [-0.3, -0.25) is 4.79 Å². The Balaban J connectivity index is 2.00. The van der Waals surface area contributed by atoms with Crippen molar-refractivity contribution < 1.29 is 13.9 Å². The molecule has 2 nitrogen and oxygen atoms in total. The summed E-state index contributed by atoms with van der Waals surface area (Å²) >= 11 is 0. The van der Waals surface area contributed by atoms with Gasteiger partial charge in [0.25, 0.3) is 0 Å². The molecule has 1 aliphatic rings. The number of allylic oxidation sites excluding steroid dienone is 1. The van der Waals surface area contributed by atoms with Crippen molar-refractivity contribution in [1.29, 1.82) is 0 Å². The fourth-order valence-corrected chi connectivity index (χ4v) is 2.27. The molecule has 0 aromatic heterocycles. The minimum Gasteiger partial charge on any atom is -0.456 e. The van der Waals surface area contributed by atoms with E-state index in [1.807, 2.05) is 24.3 Å². The van der Waals surface area contributed by atoms with Gasteiger partial charge in [-0.05, 0) is 24.1 Å². The van der Waals surface area contributed by atoms with Crippen LogP contribution in [0.5, 0.6) is 5.75 Å². The number of ketones is 1. The summed E-state index contributed by atoms with van der Waals surface area (Å²) in [5.74, 6) is 0.526. The molecular formula is C17H13FO2. The van der Waals surface area contributed by atoms with Crippen molar-refractivity contribution in [2.24, 2.45) is 0 Å². The van der Waals surface area contributed by atoms with Gasteiger partial charge in [-0.1, -0.05) is 30.3 Å². The molecule has 0 saturated carbocycles. The highest BCUT2D eigenvalue weighted by Crippen LogP contribution is 2.27. The first-order chi connectivity index (χ1) is 9.72. The summed E-state index contributed by atoms with van der Waals surface area (Å²) in [7, 11) is 0. The maximum Gasteiger partial charge on any atom is 0.159 e. The SMILES string of the molecule is O=C1C=C(Oc2cccc(F)c2)c2ccccc2CC1. The number of carbonyl (C=O) groups is 1. The van der Waals surface area contributed by atoms with Crippen molar-refractivity contribution >= 4 is 11.5 Å². The average Bonchev–Trinajstić information content (AvgIpc) is 2.59. The molecule has 0 heterocycles. The van der Waals surface area contributed by atoms with Crippen LogP contribution in [0.4, 0.5) is 4.39 Å². The van der Waals surface area contributed by atoms with Crippen LogP contribution in [0.1, 0.15) is 17.5 Å². The van der Waals surface area contributed by atoms with E-state index in [1.54, 1.807) is 12.1 Å². The Morgan fingerprint density at radius 2 is 1.85 bits per heavy atom. The standard InChI is InChI=1S/C17H13FO2/c18-13-5-3-6-15(10-13)20-17-11-14(19)9-8-12-4-1-2-7-16(12)17/h1-7,10-11H,8-9H2. The zero-order valence-electron chi connectivity index (χ0n) is 10.8. The van der Waals surface area contributed by atoms with Gasteiger partial charge in [0.15, 0.2) is 5.78 Å². The van der Waals surface area contributed by atoms with Crippen LogP contribution in [0, 0.1) is 5.82 Å². The molecule has 3 heteroatoms. The summed E-state index contributed by atoms with van der Waals surface area (Å²) in [5.41, 5.74) is 1.96. The van der Waals surface area contributed by atoms with Gasteiger partial charge in [-0.2, -0.15) is 0 Å². The second-order valence-electron chi connectivity index (χ2n) is 4.69. The van der Waals surface area contributed by atoms with E-state index < -0.39 is 0 Å². The number of fused-ring (bicyclic) bond motifs is 1. The van der Waals surface area contributed by atoms with Crippen LogP contribution in [0.2, 0.25) is 0 Å². The van der Waals surface area contributed by atoms with Gasteiger partial charge in [0.05, 0.1) is 0 Å². The molecule has 0 fully saturated rings. The van der Waals surface area contributed by atoms with Gasteiger partial charge < -0.3 is 4.74 Å². The molecule has 0 saturated heterocycles. The zero-order chi connectivity index (χ0) is 13.9. The van der Waals surface area contributed by atoms with Gasteiger partial charge in [-0.15, -0.1) is 0 Å². The molecular weight excluding hydrogens is 255 g/mol.